The minimum Gasteiger partial charge on any atom is -0.393 e. The molecular weight excluding hydrogens is 540 g/mol. The summed E-state index contributed by atoms with van der Waals surface area (Å²) in [4.78, 5) is 12.9. The predicted molar refractivity (Wildman–Crippen MR) is 149 cm³/mol. The molecule has 1 N–H and O–H groups in total. The largest absolute Gasteiger partial charge is 0.393 e. The van der Waals surface area contributed by atoms with Crippen LogP contribution in [-0.4, -0.2) is 17.0 Å². The van der Waals surface area contributed by atoms with Gasteiger partial charge in [0.2, 0.25) is 0 Å². The maximum atomic E-state index is 12.9. The van der Waals surface area contributed by atoms with Crippen molar-refractivity contribution in [2.75, 3.05) is 0 Å². The molecule has 0 spiro atoms. The van der Waals surface area contributed by atoms with E-state index < -0.39 is 0 Å². The Balaban J connectivity index is 0.00000193. The van der Waals surface area contributed by atoms with Gasteiger partial charge in [-0.3, -0.25) is 4.79 Å². The minimum absolute atomic E-state index is 0. The van der Waals surface area contributed by atoms with Crippen LogP contribution in [0.5, 0.6) is 0 Å². The highest BCUT2D eigenvalue weighted by atomic mass is 79.9. The molecule has 0 amide bonds. The molecule has 2 nitrogen and oxygen atoms in total. The van der Waals surface area contributed by atoms with E-state index in [1.807, 2.05) is 6.92 Å². The molecule has 4 aliphatic rings. The summed E-state index contributed by atoms with van der Waals surface area (Å²) in [7, 11) is 0. The number of fused-ring (bicyclic) bond motifs is 5. The van der Waals surface area contributed by atoms with E-state index in [1.54, 1.807) is 5.57 Å². The Kier molecular flexibility index (Phi) is 9.99. The number of aliphatic hydroxyl groups is 1. The molecule has 4 heteroatoms. The molecule has 0 radical (unpaired) electrons. The van der Waals surface area contributed by atoms with Gasteiger partial charge in [-0.1, -0.05) is 65.5 Å². The van der Waals surface area contributed by atoms with Gasteiger partial charge in [0.15, 0.2) is 0 Å². The van der Waals surface area contributed by atoms with E-state index in [4.69, 9.17) is 0 Å². The zero-order valence-electron chi connectivity index (χ0n) is 21.9. The summed E-state index contributed by atoms with van der Waals surface area (Å²) in [6.07, 6.45) is 14.2. The summed E-state index contributed by atoms with van der Waals surface area (Å²) < 4.78 is 0. The first-order valence-electron chi connectivity index (χ1n) is 13.5. The maximum Gasteiger partial charge on any atom is 0.133 e. The molecule has 4 rings (SSSR count). The highest BCUT2D eigenvalue weighted by Crippen LogP contribution is 2.68. The van der Waals surface area contributed by atoms with E-state index in [0.717, 1.165) is 43.4 Å². The van der Waals surface area contributed by atoms with Crippen molar-refractivity contribution in [3.8, 4) is 0 Å². The molecule has 0 aromatic heterocycles. The SMILES string of the molecule is Br.Br.CC(=O)C1C[C@H]2[C@@H]3CC=C4C[C@@H](O)CC[C@]4(C)[C@H]3CC[C@]2(C)[C@H]1[C@H](C)CCCC(C)C. The van der Waals surface area contributed by atoms with E-state index in [0.29, 0.717) is 29.0 Å². The fourth-order valence-corrected chi connectivity index (χ4v) is 9.22. The first-order valence-corrected chi connectivity index (χ1v) is 13.5. The van der Waals surface area contributed by atoms with Crippen molar-refractivity contribution >= 4 is 39.7 Å². The number of carbonyl (C=O) groups is 1. The monoisotopic (exact) mass is 588 g/mol. The van der Waals surface area contributed by atoms with Gasteiger partial charge in [-0.15, -0.1) is 34.0 Å². The molecule has 3 fully saturated rings. The fraction of sp³-hybridized carbons (Fsp3) is 0.897. The molecule has 0 bridgehead atoms. The van der Waals surface area contributed by atoms with Gasteiger partial charge >= 0.3 is 0 Å². The van der Waals surface area contributed by atoms with Gasteiger partial charge in [-0.25, -0.2) is 0 Å². The standard InChI is InChI=1S/C29H48O2.2BrH/c1-18(2)8-7-9-19(3)27-24(20(4)30)17-26-23-11-10-21-16-22(31)12-14-28(21,5)25(23)13-15-29(26,27)6;;/h10,18-19,22-27,31H,7-9,11-17H2,1-6H3;2*1H/t19-,22+,23-,24?,25+,26+,27+,28+,29+;;/m1../s1. The molecule has 3 saturated carbocycles. The second-order valence-corrected chi connectivity index (χ2v) is 13.0. The van der Waals surface area contributed by atoms with Crippen molar-refractivity contribution in [1.29, 1.82) is 0 Å². The molecule has 0 saturated heterocycles. The average Bonchev–Trinajstić information content (AvgIpc) is 3.01. The van der Waals surface area contributed by atoms with Gasteiger partial charge in [0, 0.05) is 5.92 Å². The molecule has 0 aliphatic heterocycles. The Labute approximate surface area is 224 Å². The number of aliphatic hydroxyl groups excluding tert-OH is 1. The third kappa shape index (κ3) is 5.24. The number of allylic oxidation sites excluding steroid dienone is 1. The number of ketones is 1. The molecule has 192 valence electrons. The van der Waals surface area contributed by atoms with Gasteiger partial charge < -0.3 is 5.11 Å². The van der Waals surface area contributed by atoms with Gasteiger partial charge in [-0.05, 0) is 98.2 Å². The molecule has 0 heterocycles. The van der Waals surface area contributed by atoms with E-state index >= 15 is 0 Å². The predicted octanol–water partition coefficient (Wildman–Crippen LogP) is 8.36. The third-order valence-corrected chi connectivity index (χ3v) is 10.8. The zero-order chi connectivity index (χ0) is 22.6. The molecule has 9 atom stereocenters. The number of hydrogen-bond donors (Lipinski definition) is 1. The van der Waals surface area contributed by atoms with Crippen molar-refractivity contribution in [3.63, 3.8) is 0 Å². The molecule has 33 heavy (non-hydrogen) atoms. The van der Waals surface area contributed by atoms with Crippen LogP contribution in [0, 0.1) is 52.3 Å². The highest BCUT2D eigenvalue weighted by Gasteiger charge is 2.62. The molecule has 0 aromatic carbocycles. The lowest BCUT2D eigenvalue weighted by Crippen LogP contribution is -2.51. The summed E-state index contributed by atoms with van der Waals surface area (Å²) in [6.45, 7) is 14.1. The highest BCUT2D eigenvalue weighted by molar-refractivity contribution is 8.93. The van der Waals surface area contributed by atoms with Crippen LogP contribution >= 0.6 is 34.0 Å². The minimum atomic E-state index is -0.130. The summed E-state index contributed by atoms with van der Waals surface area (Å²) in [5, 5.41) is 10.3. The van der Waals surface area contributed by atoms with Crippen LogP contribution in [0.2, 0.25) is 0 Å². The van der Waals surface area contributed by atoms with E-state index in [1.165, 1.54) is 38.5 Å². The fourth-order valence-electron chi connectivity index (χ4n) is 9.22. The Morgan fingerprint density at radius 3 is 2.42 bits per heavy atom. The Morgan fingerprint density at radius 1 is 1.09 bits per heavy atom. The molecule has 0 aromatic rings. The van der Waals surface area contributed by atoms with E-state index in [-0.39, 0.29) is 51.4 Å². The van der Waals surface area contributed by atoms with Crippen LogP contribution in [0.1, 0.15) is 106 Å². The molecule has 1 unspecified atom stereocenters. The van der Waals surface area contributed by atoms with Crippen LogP contribution < -0.4 is 0 Å². The number of carbonyl (C=O) groups excluding carboxylic acids is 1. The van der Waals surface area contributed by atoms with Gasteiger partial charge in [0.25, 0.3) is 0 Å². The Morgan fingerprint density at radius 2 is 1.79 bits per heavy atom. The molecule has 4 aliphatic carbocycles. The summed E-state index contributed by atoms with van der Waals surface area (Å²) >= 11 is 0. The van der Waals surface area contributed by atoms with Crippen LogP contribution in [0.3, 0.4) is 0 Å². The van der Waals surface area contributed by atoms with Crippen molar-refractivity contribution < 1.29 is 9.90 Å². The van der Waals surface area contributed by atoms with Crippen LogP contribution in [0.15, 0.2) is 11.6 Å². The first kappa shape index (κ1) is 29.6. The second-order valence-electron chi connectivity index (χ2n) is 13.0. The van der Waals surface area contributed by atoms with Crippen molar-refractivity contribution in [1.82, 2.24) is 0 Å². The van der Waals surface area contributed by atoms with E-state index in [9.17, 15) is 9.90 Å². The van der Waals surface area contributed by atoms with Crippen molar-refractivity contribution in [3.05, 3.63) is 11.6 Å². The Bertz CT molecular complexity index is 718. The lowest BCUT2D eigenvalue weighted by molar-refractivity contribution is -0.123. The van der Waals surface area contributed by atoms with Crippen LogP contribution in [0.25, 0.3) is 0 Å². The van der Waals surface area contributed by atoms with Crippen molar-refractivity contribution in [2.45, 2.75) is 112 Å². The Hall–Kier alpha value is 0.330. The summed E-state index contributed by atoms with van der Waals surface area (Å²) in [5.41, 5.74) is 2.16. The topological polar surface area (TPSA) is 37.3 Å². The number of halogens is 2. The second kappa shape index (κ2) is 11.2. The van der Waals surface area contributed by atoms with Crippen LogP contribution in [0.4, 0.5) is 0 Å². The summed E-state index contributed by atoms with van der Waals surface area (Å²) in [5.74, 6) is 4.89. The molecular formula is C29H50Br2O2. The zero-order valence-corrected chi connectivity index (χ0v) is 25.4. The maximum absolute atomic E-state index is 12.9. The smallest absolute Gasteiger partial charge is 0.133 e. The number of Topliss-reactive ketones (excluding diaryl/α,β-unsaturated/α-hetero) is 1. The lowest BCUT2D eigenvalue weighted by Gasteiger charge is -2.58. The lowest BCUT2D eigenvalue weighted by atomic mass is 9.47. The van der Waals surface area contributed by atoms with Gasteiger partial charge in [0.05, 0.1) is 6.10 Å². The average molecular weight is 591 g/mol. The number of rotatable bonds is 6. The van der Waals surface area contributed by atoms with Crippen LogP contribution in [-0.2, 0) is 4.79 Å². The quantitative estimate of drug-likeness (QED) is 0.316. The van der Waals surface area contributed by atoms with Crippen molar-refractivity contribution in [2.24, 2.45) is 52.3 Å². The first-order chi connectivity index (χ1) is 14.6. The van der Waals surface area contributed by atoms with Gasteiger partial charge in [0.1, 0.15) is 5.78 Å². The van der Waals surface area contributed by atoms with E-state index in [2.05, 4.69) is 40.7 Å². The number of hydrogen-bond acceptors (Lipinski definition) is 2. The third-order valence-electron chi connectivity index (χ3n) is 10.8. The summed E-state index contributed by atoms with van der Waals surface area (Å²) in [6, 6.07) is 0. The normalized spacial score (nSPS) is 42.7. The van der Waals surface area contributed by atoms with Gasteiger partial charge in [-0.2, -0.15) is 0 Å².